The molecule has 0 aliphatic heterocycles. The minimum atomic E-state index is -0.360. The van der Waals surface area contributed by atoms with Crippen LogP contribution in [0, 0.1) is 0 Å². The zero-order valence-corrected chi connectivity index (χ0v) is 13.9. The van der Waals surface area contributed by atoms with E-state index in [0.29, 0.717) is 11.3 Å². The Morgan fingerprint density at radius 1 is 1.00 bits per heavy atom. The number of carbonyl (C=O) groups is 1. The van der Waals surface area contributed by atoms with Crippen LogP contribution >= 0.6 is 0 Å². The minimum absolute atomic E-state index is 0.132. The van der Waals surface area contributed by atoms with E-state index < -0.39 is 0 Å². The van der Waals surface area contributed by atoms with Crippen molar-refractivity contribution in [3.05, 3.63) is 84.7 Å². The maximum Gasteiger partial charge on any atom is 0.338 e. The summed E-state index contributed by atoms with van der Waals surface area (Å²) in [4.78, 5) is 12.1. The number of rotatable bonds is 8. The summed E-state index contributed by atoms with van der Waals surface area (Å²) in [5.74, 6) is 0.285. The van der Waals surface area contributed by atoms with Gasteiger partial charge in [0.2, 0.25) is 0 Å². The Hall–Kier alpha value is -2.81. The van der Waals surface area contributed by atoms with Gasteiger partial charge in [-0.2, -0.15) is 0 Å². The maximum absolute atomic E-state index is 12.1. The molecule has 0 bridgehead atoms. The van der Waals surface area contributed by atoms with Crippen molar-refractivity contribution in [2.75, 3.05) is 13.7 Å². The Morgan fingerprint density at radius 2 is 1.67 bits per heavy atom. The zero-order chi connectivity index (χ0) is 17.2. The molecule has 24 heavy (non-hydrogen) atoms. The largest absolute Gasteiger partial charge is 0.498 e. The van der Waals surface area contributed by atoms with Crippen molar-refractivity contribution in [2.45, 2.75) is 12.8 Å². The monoisotopic (exact) mass is 322 g/mol. The summed E-state index contributed by atoms with van der Waals surface area (Å²) < 4.78 is 10.5. The molecular formula is C21H22O3. The number of methoxy groups -OCH3 is 1. The highest BCUT2D eigenvalue weighted by Crippen LogP contribution is 2.19. The van der Waals surface area contributed by atoms with Crippen LogP contribution in [0.5, 0.6) is 0 Å². The van der Waals surface area contributed by atoms with E-state index in [1.807, 2.05) is 54.6 Å². The van der Waals surface area contributed by atoms with E-state index in [2.05, 4.69) is 6.58 Å². The molecule has 0 atom stereocenters. The fourth-order valence-electron chi connectivity index (χ4n) is 2.21. The topological polar surface area (TPSA) is 35.5 Å². The normalized spacial score (nSPS) is 11.0. The van der Waals surface area contributed by atoms with E-state index in [9.17, 15) is 4.79 Å². The second kappa shape index (κ2) is 9.36. The SMILES string of the molecule is C=CCCC=C(COC(=O)c1ccc(-c2ccccc2)cc1)OC. The first-order valence-corrected chi connectivity index (χ1v) is 7.91. The fourth-order valence-corrected chi connectivity index (χ4v) is 2.21. The van der Waals surface area contributed by atoms with Gasteiger partial charge >= 0.3 is 5.97 Å². The van der Waals surface area contributed by atoms with E-state index in [1.165, 1.54) is 0 Å². The highest BCUT2D eigenvalue weighted by atomic mass is 16.6. The second-order valence-corrected chi connectivity index (χ2v) is 5.26. The number of hydrogen-bond donors (Lipinski definition) is 0. The lowest BCUT2D eigenvalue weighted by Crippen LogP contribution is -2.09. The number of unbranched alkanes of at least 4 members (excludes halogenated alkanes) is 1. The van der Waals surface area contributed by atoms with Crippen molar-refractivity contribution < 1.29 is 14.3 Å². The Balaban J connectivity index is 1.95. The third kappa shape index (κ3) is 5.13. The minimum Gasteiger partial charge on any atom is -0.498 e. The number of carbonyl (C=O) groups excluding carboxylic acids is 1. The molecule has 0 fully saturated rings. The summed E-state index contributed by atoms with van der Waals surface area (Å²) >= 11 is 0. The fraction of sp³-hybridized carbons (Fsp3) is 0.190. The molecule has 2 rings (SSSR count). The highest BCUT2D eigenvalue weighted by Gasteiger charge is 2.09. The van der Waals surface area contributed by atoms with Gasteiger partial charge in [0.1, 0.15) is 12.4 Å². The molecule has 0 aliphatic carbocycles. The zero-order valence-electron chi connectivity index (χ0n) is 13.9. The summed E-state index contributed by atoms with van der Waals surface area (Å²) in [6.07, 6.45) is 5.43. The van der Waals surface area contributed by atoms with Gasteiger partial charge in [0.25, 0.3) is 0 Å². The Morgan fingerprint density at radius 3 is 2.29 bits per heavy atom. The molecule has 0 radical (unpaired) electrons. The summed E-state index contributed by atoms with van der Waals surface area (Å²) in [5.41, 5.74) is 2.70. The van der Waals surface area contributed by atoms with E-state index in [1.54, 1.807) is 19.2 Å². The van der Waals surface area contributed by atoms with Gasteiger partial charge in [-0.1, -0.05) is 48.5 Å². The Labute approximate surface area is 143 Å². The molecule has 3 heteroatoms. The van der Waals surface area contributed by atoms with Crippen molar-refractivity contribution in [1.82, 2.24) is 0 Å². The van der Waals surface area contributed by atoms with Crippen molar-refractivity contribution in [2.24, 2.45) is 0 Å². The van der Waals surface area contributed by atoms with Crippen LogP contribution in [0.2, 0.25) is 0 Å². The first kappa shape index (κ1) is 17.5. The van der Waals surface area contributed by atoms with Crippen LogP contribution in [0.1, 0.15) is 23.2 Å². The van der Waals surface area contributed by atoms with Gasteiger partial charge in [-0.05, 0) is 42.2 Å². The predicted octanol–water partition coefficient (Wildman–Crippen LogP) is 5.01. The van der Waals surface area contributed by atoms with Crippen molar-refractivity contribution in [3.63, 3.8) is 0 Å². The smallest absolute Gasteiger partial charge is 0.338 e. The van der Waals surface area contributed by atoms with E-state index in [0.717, 1.165) is 24.0 Å². The van der Waals surface area contributed by atoms with Crippen LogP contribution in [-0.2, 0) is 9.47 Å². The van der Waals surface area contributed by atoms with Gasteiger partial charge in [0, 0.05) is 0 Å². The molecule has 0 spiro atoms. The van der Waals surface area contributed by atoms with Crippen molar-refractivity contribution in [1.29, 1.82) is 0 Å². The van der Waals surface area contributed by atoms with E-state index in [4.69, 9.17) is 9.47 Å². The quantitative estimate of drug-likeness (QED) is 0.297. The molecule has 0 aliphatic rings. The van der Waals surface area contributed by atoms with Crippen LogP contribution in [0.15, 0.2) is 79.1 Å². The summed E-state index contributed by atoms with van der Waals surface area (Å²) in [7, 11) is 1.57. The lowest BCUT2D eigenvalue weighted by Gasteiger charge is -2.08. The standard InChI is InChI=1S/C21H22O3/c1-3-4-6-11-20(23-2)16-24-21(22)19-14-12-18(13-15-19)17-9-7-5-8-10-17/h3,5,7-15H,1,4,6,16H2,2H3. The lowest BCUT2D eigenvalue weighted by molar-refractivity contribution is 0.0484. The van der Waals surface area contributed by atoms with Crippen LogP contribution in [0.4, 0.5) is 0 Å². The highest BCUT2D eigenvalue weighted by molar-refractivity contribution is 5.90. The van der Waals surface area contributed by atoms with Crippen molar-refractivity contribution in [3.8, 4) is 11.1 Å². The summed E-state index contributed by atoms with van der Waals surface area (Å²) in [5, 5.41) is 0. The van der Waals surface area contributed by atoms with Gasteiger partial charge in [-0.3, -0.25) is 0 Å². The maximum atomic E-state index is 12.1. The molecule has 124 valence electrons. The molecule has 0 saturated carbocycles. The van der Waals surface area contributed by atoms with Gasteiger partial charge in [0.05, 0.1) is 12.7 Å². The van der Waals surface area contributed by atoms with Crippen LogP contribution in [-0.4, -0.2) is 19.7 Å². The summed E-state index contributed by atoms with van der Waals surface area (Å²) in [6.45, 7) is 3.80. The number of esters is 1. The van der Waals surface area contributed by atoms with Crippen LogP contribution < -0.4 is 0 Å². The van der Waals surface area contributed by atoms with E-state index in [-0.39, 0.29) is 12.6 Å². The van der Waals surface area contributed by atoms with Crippen LogP contribution in [0.3, 0.4) is 0 Å². The number of allylic oxidation sites excluding steroid dienone is 2. The summed E-state index contributed by atoms with van der Waals surface area (Å²) in [6, 6.07) is 17.4. The molecule has 0 saturated heterocycles. The van der Waals surface area contributed by atoms with Gasteiger partial charge in [-0.15, -0.1) is 6.58 Å². The average Bonchev–Trinajstić information content (AvgIpc) is 2.65. The number of benzene rings is 2. The van der Waals surface area contributed by atoms with Gasteiger partial charge in [0.15, 0.2) is 0 Å². The predicted molar refractivity (Wildman–Crippen MR) is 96.7 cm³/mol. The molecule has 0 heterocycles. The van der Waals surface area contributed by atoms with Gasteiger partial charge in [-0.25, -0.2) is 4.79 Å². The van der Waals surface area contributed by atoms with Crippen LogP contribution in [0.25, 0.3) is 11.1 Å². The third-order valence-electron chi connectivity index (χ3n) is 3.58. The first-order valence-electron chi connectivity index (χ1n) is 7.91. The second-order valence-electron chi connectivity index (χ2n) is 5.26. The molecule has 0 N–H and O–H groups in total. The Kier molecular flexibility index (Phi) is 6.84. The number of hydrogen-bond acceptors (Lipinski definition) is 3. The average molecular weight is 322 g/mol. The van der Waals surface area contributed by atoms with E-state index >= 15 is 0 Å². The number of ether oxygens (including phenoxy) is 2. The molecule has 2 aromatic carbocycles. The molecule has 3 nitrogen and oxygen atoms in total. The first-order chi connectivity index (χ1) is 11.7. The Bertz CT molecular complexity index is 685. The molecular weight excluding hydrogens is 300 g/mol. The molecule has 0 aromatic heterocycles. The van der Waals surface area contributed by atoms with Gasteiger partial charge < -0.3 is 9.47 Å². The van der Waals surface area contributed by atoms with Crippen molar-refractivity contribution >= 4 is 5.97 Å². The third-order valence-corrected chi connectivity index (χ3v) is 3.58. The lowest BCUT2D eigenvalue weighted by atomic mass is 10.0. The molecule has 0 unspecified atom stereocenters. The molecule has 0 amide bonds. The molecule has 2 aromatic rings.